The second kappa shape index (κ2) is 10.3. The second-order valence-corrected chi connectivity index (χ2v) is 9.95. The van der Waals surface area contributed by atoms with Gasteiger partial charge in [-0.2, -0.15) is 4.72 Å². The van der Waals surface area contributed by atoms with Crippen LogP contribution in [-0.4, -0.2) is 44.9 Å². The Morgan fingerprint density at radius 1 is 1.18 bits per heavy atom. The number of anilines is 2. The number of sulfonamides is 1. The Morgan fingerprint density at radius 2 is 1.82 bits per heavy atom. The van der Waals surface area contributed by atoms with Crippen molar-refractivity contribution in [2.24, 2.45) is 5.92 Å². The lowest BCUT2D eigenvalue weighted by Crippen LogP contribution is -2.47. The van der Waals surface area contributed by atoms with Gasteiger partial charge in [0.15, 0.2) is 6.61 Å². The van der Waals surface area contributed by atoms with Crippen LogP contribution in [0.5, 0.6) is 0 Å². The zero-order valence-corrected chi connectivity index (χ0v) is 19.8. The summed E-state index contributed by atoms with van der Waals surface area (Å²) in [6.45, 7) is 4.20. The molecule has 0 saturated heterocycles. The number of hydrogen-bond acceptors (Lipinski definition) is 6. The highest BCUT2D eigenvalue weighted by Crippen LogP contribution is 2.31. The fourth-order valence-electron chi connectivity index (χ4n) is 3.61. The zero-order chi connectivity index (χ0) is 25.0. The summed E-state index contributed by atoms with van der Waals surface area (Å²) < 4.78 is 46.6. The van der Waals surface area contributed by atoms with E-state index in [1.54, 1.807) is 45.0 Å². The summed E-state index contributed by atoms with van der Waals surface area (Å²) in [7, 11) is -4.37. The molecule has 0 saturated carbocycles. The van der Waals surface area contributed by atoms with Gasteiger partial charge in [0.05, 0.1) is 11.4 Å². The molecule has 0 fully saturated rings. The topological polar surface area (TPSA) is 122 Å². The fourth-order valence-corrected chi connectivity index (χ4v) is 5.02. The minimum atomic E-state index is -4.37. The van der Waals surface area contributed by atoms with Gasteiger partial charge in [-0.25, -0.2) is 12.8 Å². The molecule has 34 heavy (non-hydrogen) atoms. The third kappa shape index (κ3) is 5.60. The van der Waals surface area contributed by atoms with Crippen LogP contribution in [0.25, 0.3) is 0 Å². The molecule has 11 heteroatoms. The lowest BCUT2D eigenvalue weighted by Gasteiger charge is -2.28. The van der Waals surface area contributed by atoms with Crippen molar-refractivity contribution < 1.29 is 31.9 Å². The van der Waals surface area contributed by atoms with Crippen molar-refractivity contribution in [1.29, 1.82) is 0 Å². The van der Waals surface area contributed by atoms with Crippen LogP contribution in [0.4, 0.5) is 15.8 Å². The van der Waals surface area contributed by atoms with Crippen LogP contribution >= 0.6 is 0 Å². The quantitative estimate of drug-likeness (QED) is 0.574. The maximum Gasteiger partial charge on any atom is 0.324 e. The molecule has 0 aliphatic carbocycles. The molecule has 2 aromatic carbocycles. The van der Waals surface area contributed by atoms with Crippen LogP contribution in [0, 0.1) is 11.7 Å². The zero-order valence-electron chi connectivity index (χ0n) is 18.9. The van der Waals surface area contributed by atoms with E-state index < -0.39 is 57.2 Å². The highest BCUT2D eigenvalue weighted by molar-refractivity contribution is 7.89. The number of nitrogens with one attached hydrogen (secondary N) is 2. The van der Waals surface area contributed by atoms with Crippen molar-refractivity contribution >= 4 is 39.2 Å². The van der Waals surface area contributed by atoms with Gasteiger partial charge in [0.1, 0.15) is 16.8 Å². The Morgan fingerprint density at radius 3 is 2.50 bits per heavy atom. The highest BCUT2D eigenvalue weighted by Gasteiger charge is 2.33. The first-order valence-electron chi connectivity index (χ1n) is 10.7. The molecule has 182 valence electrons. The molecule has 1 aliphatic rings. The van der Waals surface area contributed by atoms with Gasteiger partial charge >= 0.3 is 5.97 Å². The Balaban J connectivity index is 1.75. The molecule has 0 aromatic heterocycles. The van der Waals surface area contributed by atoms with E-state index in [-0.39, 0.29) is 12.3 Å². The lowest BCUT2D eigenvalue weighted by atomic mass is 10.1. The molecule has 1 aliphatic heterocycles. The van der Waals surface area contributed by atoms with Gasteiger partial charge in [0.25, 0.3) is 5.91 Å². The van der Waals surface area contributed by atoms with E-state index in [1.165, 1.54) is 17.0 Å². The van der Waals surface area contributed by atoms with E-state index >= 15 is 0 Å². The number of para-hydroxylation sites is 2. The van der Waals surface area contributed by atoms with E-state index in [0.717, 1.165) is 12.1 Å². The van der Waals surface area contributed by atoms with Crippen molar-refractivity contribution in [1.82, 2.24) is 4.72 Å². The monoisotopic (exact) mass is 491 g/mol. The summed E-state index contributed by atoms with van der Waals surface area (Å²) in [4.78, 5) is 38.6. The van der Waals surface area contributed by atoms with Gasteiger partial charge in [-0.15, -0.1) is 0 Å². The number of nitrogens with zero attached hydrogens (tertiary/aromatic N) is 1. The predicted molar refractivity (Wildman–Crippen MR) is 123 cm³/mol. The van der Waals surface area contributed by atoms with Gasteiger partial charge in [-0.1, -0.05) is 38.1 Å². The average molecular weight is 492 g/mol. The maximum atomic E-state index is 14.0. The Labute approximate surface area is 197 Å². The lowest BCUT2D eigenvalue weighted by molar-refractivity contribution is -0.150. The number of carbonyl (C=O) groups is 3. The molecule has 0 spiro atoms. The van der Waals surface area contributed by atoms with Crippen LogP contribution in [0.15, 0.2) is 53.4 Å². The van der Waals surface area contributed by atoms with Crippen molar-refractivity contribution in [2.45, 2.75) is 44.2 Å². The van der Waals surface area contributed by atoms with Gasteiger partial charge in [-0.05, 0) is 37.1 Å². The number of ether oxygens (including phenoxy) is 1. The Kier molecular flexibility index (Phi) is 7.68. The Hall–Kier alpha value is -3.31. The number of rotatable bonds is 7. The minimum absolute atomic E-state index is 0.0470. The van der Waals surface area contributed by atoms with E-state index in [0.29, 0.717) is 11.4 Å². The number of amides is 2. The van der Waals surface area contributed by atoms with Gasteiger partial charge < -0.3 is 15.0 Å². The summed E-state index contributed by atoms with van der Waals surface area (Å²) in [6.07, 6.45) is 0.0470. The van der Waals surface area contributed by atoms with Crippen molar-refractivity contribution in [2.75, 3.05) is 16.8 Å². The SMILES string of the molecule is CC(C)[C@H](NS(=O)(=O)c1ccccc1F)C(=O)OCC(=O)N1c2ccccc2NC(=O)CC1C. The number of carbonyl (C=O) groups excluding carboxylic acids is 3. The third-order valence-electron chi connectivity index (χ3n) is 5.29. The first kappa shape index (κ1) is 25.3. The summed E-state index contributed by atoms with van der Waals surface area (Å²) in [5.74, 6) is -3.33. The molecule has 2 atom stereocenters. The number of fused-ring (bicyclic) bond motifs is 1. The molecule has 1 unspecified atom stereocenters. The fraction of sp³-hybridized carbons (Fsp3) is 0.348. The maximum absolute atomic E-state index is 14.0. The van der Waals surface area contributed by atoms with E-state index in [2.05, 4.69) is 10.0 Å². The first-order valence-corrected chi connectivity index (χ1v) is 12.1. The number of halogens is 1. The Bertz CT molecular complexity index is 1200. The molecule has 1 heterocycles. The minimum Gasteiger partial charge on any atom is -0.454 e. The molecule has 0 bridgehead atoms. The third-order valence-corrected chi connectivity index (χ3v) is 6.77. The van der Waals surface area contributed by atoms with Gasteiger partial charge in [0, 0.05) is 12.5 Å². The average Bonchev–Trinajstić information content (AvgIpc) is 2.89. The first-order chi connectivity index (χ1) is 16.0. The van der Waals surface area contributed by atoms with Gasteiger partial charge in [0.2, 0.25) is 15.9 Å². The van der Waals surface area contributed by atoms with Crippen molar-refractivity contribution in [3.05, 3.63) is 54.3 Å². The molecule has 2 amide bonds. The van der Waals surface area contributed by atoms with E-state index in [1.807, 2.05) is 0 Å². The van der Waals surface area contributed by atoms with Crippen molar-refractivity contribution in [3.8, 4) is 0 Å². The van der Waals surface area contributed by atoms with Crippen molar-refractivity contribution in [3.63, 3.8) is 0 Å². The largest absolute Gasteiger partial charge is 0.454 e. The second-order valence-electron chi connectivity index (χ2n) is 8.26. The van der Waals surface area contributed by atoms with E-state index in [9.17, 15) is 27.2 Å². The summed E-state index contributed by atoms with van der Waals surface area (Å²) in [6, 6.07) is 9.67. The highest BCUT2D eigenvalue weighted by atomic mass is 32.2. The van der Waals surface area contributed by atoms with Crippen LogP contribution in [0.3, 0.4) is 0 Å². The van der Waals surface area contributed by atoms with Crippen LogP contribution in [-0.2, 0) is 29.1 Å². The molecular formula is C23H26FN3O6S. The summed E-state index contributed by atoms with van der Waals surface area (Å²) in [5.41, 5.74) is 0.914. The molecule has 2 aromatic rings. The van der Waals surface area contributed by atoms with Crippen LogP contribution in [0.1, 0.15) is 27.2 Å². The molecule has 0 radical (unpaired) electrons. The molecule has 3 rings (SSSR count). The van der Waals surface area contributed by atoms with Crippen LogP contribution < -0.4 is 14.9 Å². The molecule has 9 nitrogen and oxygen atoms in total. The smallest absolute Gasteiger partial charge is 0.324 e. The number of hydrogen-bond donors (Lipinski definition) is 2. The number of esters is 1. The molecule has 2 N–H and O–H groups in total. The van der Waals surface area contributed by atoms with Gasteiger partial charge in [-0.3, -0.25) is 14.4 Å². The van der Waals surface area contributed by atoms with Crippen LogP contribution in [0.2, 0.25) is 0 Å². The number of benzene rings is 2. The van der Waals surface area contributed by atoms with E-state index in [4.69, 9.17) is 4.74 Å². The normalized spacial score (nSPS) is 16.9. The molecular weight excluding hydrogens is 465 g/mol. The predicted octanol–water partition coefficient (Wildman–Crippen LogP) is 2.44. The standard InChI is InChI=1S/C23H26FN3O6S/c1-14(2)22(26-34(31,32)19-11-7-4-8-16(19)24)23(30)33-13-21(29)27-15(3)12-20(28)25-17-9-5-6-10-18(17)27/h4-11,14-15,22,26H,12-13H2,1-3H3,(H,25,28)/t15?,22-/m0/s1. The summed E-state index contributed by atoms with van der Waals surface area (Å²) >= 11 is 0. The summed E-state index contributed by atoms with van der Waals surface area (Å²) in [5, 5.41) is 2.73.